The normalized spacial score (nSPS) is 54.5. The van der Waals surface area contributed by atoms with E-state index in [1.54, 1.807) is 0 Å². The molecule has 3 nitrogen and oxygen atoms in total. The van der Waals surface area contributed by atoms with Gasteiger partial charge in [-0.1, -0.05) is 18.2 Å². The van der Waals surface area contributed by atoms with Crippen molar-refractivity contribution in [3.8, 4) is 0 Å². The predicted molar refractivity (Wildman–Crippen MR) is 76.5 cm³/mol. The Kier molecular flexibility index (Phi) is 1.63. The summed E-state index contributed by atoms with van der Waals surface area (Å²) in [7, 11) is 0. The van der Waals surface area contributed by atoms with E-state index >= 15 is 0 Å². The van der Waals surface area contributed by atoms with Gasteiger partial charge >= 0.3 is 0 Å². The summed E-state index contributed by atoms with van der Waals surface area (Å²) in [4.78, 5) is 12.7. The van der Waals surface area contributed by atoms with Crippen molar-refractivity contribution in [1.82, 2.24) is 5.32 Å². The third-order valence-electron chi connectivity index (χ3n) is 7.46. The van der Waals surface area contributed by atoms with Gasteiger partial charge in [0.1, 0.15) is 0 Å². The molecule has 2 N–H and O–H groups in total. The van der Waals surface area contributed by atoms with Gasteiger partial charge in [-0.2, -0.15) is 0 Å². The number of carbonyl (C=O) groups is 1. The fourth-order valence-electron chi connectivity index (χ4n) is 7.38. The number of aliphatic hydroxyl groups is 1. The first-order valence-electron chi connectivity index (χ1n) is 8.28. The Bertz CT molecular complexity index is 688. The van der Waals surface area contributed by atoms with Gasteiger partial charge in [-0.15, -0.1) is 0 Å². The van der Waals surface area contributed by atoms with Crippen LogP contribution in [0.25, 0.3) is 0 Å². The van der Waals surface area contributed by atoms with Gasteiger partial charge in [-0.25, -0.2) is 0 Å². The minimum absolute atomic E-state index is 0.0362. The van der Waals surface area contributed by atoms with Crippen molar-refractivity contribution >= 4 is 5.91 Å². The molecule has 1 heterocycles. The lowest BCUT2D eigenvalue weighted by molar-refractivity contribution is -0.326. The summed E-state index contributed by atoms with van der Waals surface area (Å²) in [6.45, 7) is 0. The molecule has 1 amide bonds. The van der Waals surface area contributed by atoms with Gasteiger partial charge in [0.15, 0.2) is 0 Å². The number of rotatable bonds is 0. The van der Waals surface area contributed by atoms with Gasteiger partial charge in [0, 0.05) is 17.0 Å². The van der Waals surface area contributed by atoms with E-state index in [9.17, 15) is 9.90 Å². The van der Waals surface area contributed by atoms with Crippen LogP contribution in [0.2, 0.25) is 0 Å². The second kappa shape index (κ2) is 3.05. The second-order valence-corrected chi connectivity index (χ2v) is 8.15. The van der Waals surface area contributed by atoms with Crippen LogP contribution >= 0.6 is 0 Å². The fraction of sp³-hybridized carbons (Fsp3) is 0.611. The molecule has 0 radical (unpaired) electrons. The summed E-state index contributed by atoms with van der Waals surface area (Å²) in [5.41, 5.74) is 0.724. The molecular formula is C18H19NO2. The van der Waals surface area contributed by atoms with Crippen LogP contribution in [0.3, 0.4) is 0 Å². The van der Waals surface area contributed by atoms with Crippen LogP contribution in [0.5, 0.6) is 0 Å². The van der Waals surface area contributed by atoms with Crippen molar-refractivity contribution in [2.45, 2.75) is 36.8 Å². The Morgan fingerprint density at radius 2 is 2.05 bits per heavy atom. The highest BCUT2D eigenvalue weighted by molar-refractivity contribution is 5.97. The number of hydrogen-bond donors (Lipinski definition) is 2. The Labute approximate surface area is 123 Å². The number of benzene rings is 1. The Morgan fingerprint density at radius 3 is 2.90 bits per heavy atom. The molecule has 1 spiro atoms. The van der Waals surface area contributed by atoms with E-state index in [-0.39, 0.29) is 17.4 Å². The van der Waals surface area contributed by atoms with Crippen molar-refractivity contribution in [1.29, 1.82) is 0 Å². The van der Waals surface area contributed by atoms with E-state index in [0.29, 0.717) is 23.3 Å². The van der Waals surface area contributed by atoms with E-state index in [4.69, 9.17) is 0 Å². The summed E-state index contributed by atoms with van der Waals surface area (Å²) in [6.07, 6.45) is 4.71. The van der Waals surface area contributed by atoms with Crippen LogP contribution in [0, 0.1) is 29.6 Å². The Hall–Kier alpha value is -1.35. The molecule has 21 heavy (non-hydrogen) atoms. The quantitative estimate of drug-likeness (QED) is 0.764. The molecule has 0 aromatic heterocycles. The second-order valence-electron chi connectivity index (χ2n) is 8.15. The largest absolute Gasteiger partial charge is 0.384 e. The van der Waals surface area contributed by atoms with Crippen LogP contribution in [0.15, 0.2) is 24.3 Å². The molecule has 1 aromatic rings. The lowest BCUT2D eigenvalue weighted by Gasteiger charge is -2.77. The fourth-order valence-corrected chi connectivity index (χ4v) is 7.38. The minimum atomic E-state index is -0.755. The summed E-state index contributed by atoms with van der Waals surface area (Å²) < 4.78 is 0. The molecule has 6 fully saturated rings. The van der Waals surface area contributed by atoms with Gasteiger partial charge < -0.3 is 10.4 Å². The molecule has 6 aliphatic carbocycles. The van der Waals surface area contributed by atoms with Crippen molar-refractivity contribution in [2.24, 2.45) is 29.6 Å². The van der Waals surface area contributed by atoms with Gasteiger partial charge in [0.05, 0.1) is 5.60 Å². The lowest BCUT2D eigenvalue weighted by Crippen LogP contribution is -2.81. The SMILES string of the molecule is O=C1N[C@@]23C[C@H]4C[C@@H](C2)C2[C@H](C4)C3C2(O)c2ccccc21. The first-order valence-corrected chi connectivity index (χ1v) is 8.28. The molecule has 3 unspecified atom stereocenters. The maximum atomic E-state index is 12.7. The molecule has 6 saturated carbocycles. The molecule has 7 aliphatic rings. The number of fused-ring (bicyclic) bond motifs is 1. The van der Waals surface area contributed by atoms with Gasteiger partial charge in [-0.05, 0) is 61.0 Å². The molecule has 1 aromatic carbocycles. The minimum Gasteiger partial charge on any atom is -0.384 e. The maximum Gasteiger partial charge on any atom is 0.252 e. The summed E-state index contributed by atoms with van der Waals surface area (Å²) in [5.74, 6) is 2.68. The van der Waals surface area contributed by atoms with E-state index < -0.39 is 5.60 Å². The standard InChI is InChI=1S/C18H19NO2/c20-16-11-3-1-2-4-13(11)18(21)14-10-5-9-6-12(14)15(18)17(7-9,8-10)19-16/h1-4,9-10,12,14-15,21H,5-8H2,(H,19,20)/t9-,10-,12-,14?,15?,17-,18?/m0/s1. The zero-order valence-electron chi connectivity index (χ0n) is 11.9. The van der Waals surface area contributed by atoms with Crippen LogP contribution in [-0.4, -0.2) is 16.6 Å². The van der Waals surface area contributed by atoms with Crippen molar-refractivity contribution in [3.63, 3.8) is 0 Å². The van der Waals surface area contributed by atoms with Crippen LogP contribution in [0.4, 0.5) is 0 Å². The molecule has 7 atom stereocenters. The van der Waals surface area contributed by atoms with E-state index in [1.807, 2.05) is 24.3 Å². The summed E-state index contributed by atoms with van der Waals surface area (Å²) in [5, 5.41) is 15.1. The Morgan fingerprint density at radius 1 is 1.19 bits per heavy atom. The molecule has 108 valence electrons. The zero-order valence-corrected chi connectivity index (χ0v) is 11.9. The molecule has 3 heteroatoms. The first kappa shape index (κ1) is 11.2. The molecule has 0 saturated heterocycles. The first-order chi connectivity index (χ1) is 10.1. The van der Waals surface area contributed by atoms with E-state index in [1.165, 1.54) is 12.8 Å². The third-order valence-corrected chi connectivity index (χ3v) is 7.46. The van der Waals surface area contributed by atoms with E-state index in [2.05, 4.69) is 5.32 Å². The van der Waals surface area contributed by atoms with Crippen molar-refractivity contribution in [3.05, 3.63) is 35.4 Å². The maximum absolute atomic E-state index is 12.7. The topological polar surface area (TPSA) is 49.3 Å². The number of hydrogen-bond acceptors (Lipinski definition) is 2. The van der Waals surface area contributed by atoms with E-state index in [0.717, 1.165) is 24.3 Å². The average molecular weight is 281 g/mol. The average Bonchev–Trinajstić information content (AvgIpc) is 2.49. The number of carbonyl (C=O) groups excluding carboxylic acids is 1. The van der Waals surface area contributed by atoms with Gasteiger partial charge in [0.25, 0.3) is 5.91 Å². The van der Waals surface area contributed by atoms with Gasteiger partial charge in [0.2, 0.25) is 0 Å². The zero-order chi connectivity index (χ0) is 14.0. The number of amides is 1. The smallest absolute Gasteiger partial charge is 0.252 e. The highest BCUT2D eigenvalue weighted by Crippen LogP contribution is 2.77. The highest BCUT2D eigenvalue weighted by atomic mass is 16.3. The molecular weight excluding hydrogens is 262 g/mol. The van der Waals surface area contributed by atoms with Crippen LogP contribution in [-0.2, 0) is 5.60 Å². The summed E-state index contributed by atoms with van der Waals surface area (Å²) in [6, 6.07) is 7.75. The predicted octanol–water partition coefficient (Wildman–Crippen LogP) is 2.05. The molecule has 1 aliphatic heterocycles. The van der Waals surface area contributed by atoms with Crippen LogP contribution in [0.1, 0.15) is 41.6 Å². The van der Waals surface area contributed by atoms with Crippen molar-refractivity contribution < 1.29 is 9.90 Å². The molecule has 8 rings (SSSR count). The van der Waals surface area contributed by atoms with Crippen LogP contribution < -0.4 is 5.32 Å². The van der Waals surface area contributed by atoms with Crippen molar-refractivity contribution in [2.75, 3.05) is 0 Å². The monoisotopic (exact) mass is 281 g/mol. The summed E-state index contributed by atoms with van der Waals surface area (Å²) >= 11 is 0. The third kappa shape index (κ3) is 0.980. The number of nitrogens with one attached hydrogen (secondary N) is 1. The molecule has 7 bridgehead atoms. The lowest BCUT2D eigenvalue weighted by atomic mass is 9.30. The van der Waals surface area contributed by atoms with Gasteiger partial charge in [-0.3, -0.25) is 4.79 Å². The Balaban J connectivity index is 1.68. The highest BCUT2D eigenvalue weighted by Gasteiger charge is 2.79.